The van der Waals surface area contributed by atoms with Crippen LogP contribution in [0.5, 0.6) is 5.75 Å². The van der Waals surface area contributed by atoms with E-state index in [1.807, 2.05) is 56.8 Å². The number of hydrogen-bond donors (Lipinski definition) is 0. The van der Waals surface area contributed by atoms with Gasteiger partial charge in [-0.05, 0) is 59.5 Å². The molecule has 2 heterocycles. The van der Waals surface area contributed by atoms with E-state index in [-0.39, 0.29) is 0 Å². The standard InChI is InChI=1S/C24H20N4O/c1-16-8-18(12-22(9-16)29-3)23(6-7-25)17-4-5-24-19(10-17)11-20(13-26-24)21-14-27-28(2)15-21/h4-6,8-15H,1-3H3/b23-6+. The predicted molar refractivity (Wildman–Crippen MR) is 114 cm³/mol. The molecule has 0 saturated carbocycles. The number of benzene rings is 2. The van der Waals surface area contributed by atoms with Crippen LogP contribution in [-0.2, 0) is 7.05 Å². The van der Waals surface area contributed by atoms with Crippen LogP contribution in [0.4, 0.5) is 0 Å². The molecular weight excluding hydrogens is 360 g/mol. The molecule has 0 N–H and O–H groups in total. The van der Waals surface area contributed by atoms with Crippen molar-refractivity contribution in [2.75, 3.05) is 7.11 Å². The molecule has 142 valence electrons. The predicted octanol–water partition coefficient (Wildman–Crippen LogP) is 4.91. The molecule has 0 unspecified atom stereocenters. The molecule has 0 atom stereocenters. The topological polar surface area (TPSA) is 63.7 Å². The number of methoxy groups -OCH3 is 1. The summed E-state index contributed by atoms with van der Waals surface area (Å²) in [4.78, 5) is 4.59. The number of fused-ring (bicyclic) bond motifs is 1. The third-order valence-corrected chi connectivity index (χ3v) is 4.84. The van der Waals surface area contributed by atoms with Gasteiger partial charge >= 0.3 is 0 Å². The van der Waals surface area contributed by atoms with Crippen LogP contribution < -0.4 is 4.74 Å². The number of nitrogens with zero attached hydrogens (tertiary/aromatic N) is 4. The van der Waals surface area contributed by atoms with Gasteiger partial charge in [0.2, 0.25) is 0 Å². The van der Waals surface area contributed by atoms with E-state index in [2.05, 4.69) is 34.4 Å². The average molecular weight is 380 g/mol. The van der Waals surface area contributed by atoms with Gasteiger partial charge in [-0.2, -0.15) is 10.4 Å². The Morgan fingerprint density at radius 3 is 2.66 bits per heavy atom. The number of allylic oxidation sites excluding steroid dienone is 1. The van der Waals surface area contributed by atoms with E-state index in [0.29, 0.717) is 0 Å². The molecule has 29 heavy (non-hydrogen) atoms. The maximum atomic E-state index is 9.38. The van der Waals surface area contributed by atoms with E-state index >= 15 is 0 Å². The maximum absolute atomic E-state index is 9.38. The summed E-state index contributed by atoms with van der Waals surface area (Å²) in [7, 11) is 3.54. The molecule has 0 amide bonds. The summed E-state index contributed by atoms with van der Waals surface area (Å²) in [5.74, 6) is 0.769. The Morgan fingerprint density at radius 1 is 1.07 bits per heavy atom. The molecule has 5 heteroatoms. The third-order valence-electron chi connectivity index (χ3n) is 4.84. The van der Waals surface area contributed by atoms with Crippen molar-refractivity contribution in [1.82, 2.24) is 14.8 Å². The minimum Gasteiger partial charge on any atom is -0.497 e. The monoisotopic (exact) mass is 380 g/mol. The maximum Gasteiger partial charge on any atom is 0.119 e. The van der Waals surface area contributed by atoms with Crippen LogP contribution in [-0.4, -0.2) is 21.9 Å². The minimum absolute atomic E-state index is 0.769. The van der Waals surface area contributed by atoms with Crippen molar-refractivity contribution in [3.63, 3.8) is 0 Å². The van der Waals surface area contributed by atoms with Crippen LogP contribution in [0.3, 0.4) is 0 Å². The Hall–Kier alpha value is -3.91. The van der Waals surface area contributed by atoms with Crippen LogP contribution in [0.2, 0.25) is 0 Å². The van der Waals surface area contributed by atoms with Crippen molar-refractivity contribution < 1.29 is 4.74 Å². The lowest BCUT2D eigenvalue weighted by Gasteiger charge is -2.11. The van der Waals surface area contributed by atoms with Gasteiger partial charge in [0.1, 0.15) is 5.75 Å². The van der Waals surface area contributed by atoms with Gasteiger partial charge in [-0.3, -0.25) is 9.67 Å². The number of rotatable bonds is 4. The van der Waals surface area contributed by atoms with E-state index in [9.17, 15) is 5.26 Å². The number of hydrogen-bond acceptors (Lipinski definition) is 4. The number of pyridine rings is 1. The summed E-state index contributed by atoms with van der Waals surface area (Å²) < 4.78 is 7.18. The minimum atomic E-state index is 0.769. The van der Waals surface area contributed by atoms with Crippen molar-refractivity contribution in [2.45, 2.75) is 6.92 Å². The lowest BCUT2D eigenvalue weighted by Crippen LogP contribution is -1.93. The number of nitriles is 1. The second kappa shape index (κ2) is 7.61. The molecule has 0 aliphatic rings. The first-order valence-electron chi connectivity index (χ1n) is 9.22. The average Bonchev–Trinajstić information content (AvgIpc) is 3.17. The molecule has 0 aliphatic heterocycles. The summed E-state index contributed by atoms with van der Waals surface area (Å²) in [6.07, 6.45) is 7.23. The summed E-state index contributed by atoms with van der Waals surface area (Å²) in [5.41, 5.74) is 6.75. The molecule has 4 aromatic rings. The van der Waals surface area contributed by atoms with Gasteiger partial charge in [0.05, 0.1) is 24.9 Å². The lowest BCUT2D eigenvalue weighted by molar-refractivity contribution is 0.414. The third kappa shape index (κ3) is 3.74. The molecular formula is C24H20N4O. The van der Waals surface area contributed by atoms with Crippen LogP contribution in [0, 0.1) is 18.3 Å². The van der Waals surface area contributed by atoms with Gasteiger partial charge in [-0.15, -0.1) is 0 Å². The summed E-state index contributed by atoms with van der Waals surface area (Å²) in [6, 6.07) is 16.3. The van der Waals surface area contributed by atoms with Crippen LogP contribution >= 0.6 is 0 Å². The fourth-order valence-corrected chi connectivity index (χ4v) is 3.45. The molecule has 0 bridgehead atoms. The molecule has 0 fully saturated rings. The Morgan fingerprint density at radius 2 is 1.93 bits per heavy atom. The zero-order chi connectivity index (χ0) is 20.4. The molecule has 5 nitrogen and oxygen atoms in total. The fourth-order valence-electron chi connectivity index (χ4n) is 3.45. The first-order valence-corrected chi connectivity index (χ1v) is 9.22. The zero-order valence-electron chi connectivity index (χ0n) is 16.5. The largest absolute Gasteiger partial charge is 0.497 e. The Bertz CT molecular complexity index is 1280. The van der Waals surface area contributed by atoms with Gasteiger partial charge in [-0.1, -0.05) is 12.1 Å². The molecule has 0 radical (unpaired) electrons. The molecule has 2 aromatic carbocycles. The van der Waals surface area contributed by atoms with Gasteiger partial charge < -0.3 is 4.74 Å². The van der Waals surface area contributed by atoms with Gasteiger partial charge in [0.25, 0.3) is 0 Å². The van der Waals surface area contributed by atoms with E-state index in [0.717, 1.165) is 50.0 Å². The smallest absolute Gasteiger partial charge is 0.119 e. The number of aromatic nitrogens is 3. The highest BCUT2D eigenvalue weighted by Gasteiger charge is 2.10. The highest BCUT2D eigenvalue weighted by Crippen LogP contribution is 2.30. The second-order valence-corrected chi connectivity index (χ2v) is 6.96. The Balaban J connectivity index is 1.83. The lowest BCUT2D eigenvalue weighted by atomic mass is 9.94. The zero-order valence-corrected chi connectivity index (χ0v) is 16.5. The van der Waals surface area contributed by atoms with Crippen LogP contribution in [0.25, 0.3) is 27.6 Å². The highest BCUT2D eigenvalue weighted by atomic mass is 16.5. The summed E-state index contributed by atoms with van der Waals surface area (Å²) >= 11 is 0. The van der Waals surface area contributed by atoms with Crippen molar-refractivity contribution in [3.05, 3.63) is 83.8 Å². The molecule has 4 rings (SSSR count). The number of aryl methyl sites for hydroxylation is 2. The first-order chi connectivity index (χ1) is 14.1. The van der Waals surface area contributed by atoms with Crippen molar-refractivity contribution in [2.24, 2.45) is 7.05 Å². The van der Waals surface area contributed by atoms with Gasteiger partial charge in [0, 0.05) is 42.0 Å². The van der Waals surface area contributed by atoms with E-state index < -0.39 is 0 Å². The van der Waals surface area contributed by atoms with Crippen molar-refractivity contribution >= 4 is 16.5 Å². The fraction of sp³-hybridized carbons (Fsp3) is 0.125. The highest BCUT2D eigenvalue weighted by molar-refractivity contribution is 5.90. The van der Waals surface area contributed by atoms with Gasteiger partial charge in [-0.25, -0.2) is 0 Å². The van der Waals surface area contributed by atoms with Gasteiger partial charge in [0.15, 0.2) is 0 Å². The SMILES string of the molecule is COc1cc(C)cc(/C(=C/C#N)c2ccc3ncc(-c4cnn(C)c4)cc3c2)c1. The van der Waals surface area contributed by atoms with Crippen molar-refractivity contribution in [3.8, 4) is 22.9 Å². The van der Waals surface area contributed by atoms with E-state index in [1.54, 1.807) is 17.9 Å². The first kappa shape index (κ1) is 18.5. The van der Waals surface area contributed by atoms with Crippen molar-refractivity contribution in [1.29, 1.82) is 5.26 Å². The molecule has 0 aliphatic carbocycles. The molecule has 0 saturated heterocycles. The Kier molecular flexibility index (Phi) is 4.84. The van der Waals surface area contributed by atoms with Crippen LogP contribution in [0.1, 0.15) is 16.7 Å². The second-order valence-electron chi connectivity index (χ2n) is 6.96. The van der Waals surface area contributed by atoms with E-state index in [4.69, 9.17) is 4.74 Å². The summed E-state index contributed by atoms with van der Waals surface area (Å²) in [5, 5.41) is 14.6. The quantitative estimate of drug-likeness (QED) is 0.472. The van der Waals surface area contributed by atoms with E-state index in [1.165, 1.54) is 0 Å². The molecule has 2 aromatic heterocycles. The molecule has 0 spiro atoms. The Labute approximate surface area is 169 Å². The normalized spacial score (nSPS) is 11.4. The number of ether oxygens (including phenoxy) is 1. The van der Waals surface area contributed by atoms with Crippen LogP contribution in [0.15, 0.2) is 67.1 Å². The summed E-state index contributed by atoms with van der Waals surface area (Å²) in [6.45, 7) is 2.01.